The molecule has 0 fully saturated rings. The van der Waals surface area contributed by atoms with E-state index in [1.165, 1.54) is 19.2 Å². The number of halogens is 1. The zero-order valence-electron chi connectivity index (χ0n) is 16.1. The van der Waals surface area contributed by atoms with Crippen LogP contribution in [0.5, 0.6) is 5.75 Å². The van der Waals surface area contributed by atoms with Crippen molar-refractivity contribution in [2.75, 3.05) is 13.7 Å². The van der Waals surface area contributed by atoms with Crippen LogP contribution < -0.4 is 4.74 Å². The van der Waals surface area contributed by atoms with Gasteiger partial charge in [-0.15, -0.1) is 0 Å². The first-order valence-corrected chi connectivity index (χ1v) is 8.68. The monoisotopic (exact) mass is 377 g/mol. The van der Waals surface area contributed by atoms with Crippen LogP contribution in [0.25, 0.3) is 0 Å². The second-order valence-corrected chi connectivity index (χ2v) is 6.38. The minimum absolute atomic E-state index is 0.00931. The third-order valence-electron chi connectivity index (χ3n) is 5.30. The molecule has 2 N–H and O–H groups in total. The molecule has 0 atom stereocenters. The van der Waals surface area contributed by atoms with Gasteiger partial charge in [-0.05, 0) is 33.3 Å². The first-order valence-electron chi connectivity index (χ1n) is 8.68. The topological polar surface area (TPSA) is 87.1 Å². The van der Waals surface area contributed by atoms with E-state index in [4.69, 9.17) is 4.74 Å². The van der Waals surface area contributed by atoms with Crippen molar-refractivity contribution in [1.82, 2.24) is 4.90 Å². The normalized spacial score (nSPS) is 16.6. The average molecular weight is 377 g/mol. The van der Waals surface area contributed by atoms with Crippen LogP contribution >= 0.6 is 0 Å². The van der Waals surface area contributed by atoms with Crippen LogP contribution in [0, 0.1) is 5.82 Å². The van der Waals surface area contributed by atoms with Crippen LogP contribution in [0.15, 0.2) is 40.7 Å². The minimum atomic E-state index is -1.62. The summed E-state index contributed by atoms with van der Waals surface area (Å²) in [6, 6.07) is 4.06. The van der Waals surface area contributed by atoms with Gasteiger partial charge >= 0.3 is 11.9 Å². The van der Waals surface area contributed by atoms with E-state index in [1.807, 2.05) is 0 Å². The molecule has 1 heterocycles. The molecule has 146 valence electrons. The van der Waals surface area contributed by atoms with E-state index in [2.05, 4.69) is 0 Å². The van der Waals surface area contributed by atoms with Gasteiger partial charge in [0.1, 0.15) is 11.6 Å². The van der Waals surface area contributed by atoms with E-state index in [0.717, 1.165) is 6.07 Å². The quantitative estimate of drug-likeness (QED) is 0.789. The first-order chi connectivity index (χ1) is 12.7. The van der Waals surface area contributed by atoms with Crippen LogP contribution in [0.1, 0.15) is 39.7 Å². The molecule has 1 aliphatic rings. The standard InChI is InChI=1S/C20H24FNO5/c1-6-20(14-9-8-13(27-5)10-15(14)21)16(18(23)24)11(3)22(7-2)12(4)17(20)19(25)26/h8-10H,6-7H2,1-5H3,(H,23,24)(H,25,26). The molecule has 0 saturated heterocycles. The molecule has 7 heteroatoms. The third kappa shape index (κ3) is 2.97. The van der Waals surface area contributed by atoms with Crippen LogP contribution in [0.3, 0.4) is 0 Å². The zero-order valence-corrected chi connectivity index (χ0v) is 16.1. The number of nitrogens with zero attached hydrogens (tertiary/aromatic N) is 1. The maximum absolute atomic E-state index is 15.0. The van der Waals surface area contributed by atoms with Crippen LogP contribution in [-0.2, 0) is 15.0 Å². The number of aliphatic carboxylic acids is 2. The highest BCUT2D eigenvalue weighted by atomic mass is 19.1. The van der Waals surface area contributed by atoms with Gasteiger partial charge in [0, 0.05) is 29.6 Å². The maximum atomic E-state index is 15.0. The van der Waals surface area contributed by atoms with Crippen molar-refractivity contribution in [1.29, 1.82) is 0 Å². The van der Waals surface area contributed by atoms with Gasteiger partial charge in [0.05, 0.1) is 23.7 Å². The Kier molecular flexibility index (Phi) is 5.63. The highest BCUT2D eigenvalue weighted by Gasteiger charge is 2.51. The Bertz CT molecular complexity index is 818. The molecule has 6 nitrogen and oxygen atoms in total. The molecule has 2 rings (SSSR count). The van der Waals surface area contributed by atoms with E-state index in [1.54, 1.807) is 32.6 Å². The van der Waals surface area contributed by atoms with Gasteiger partial charge in [-0.1, -0.05) is 13.0 Å². The van der Waals surface area contributed by atoms with Crippen LogP contribution in [-0.4, -0.2) is 40.7 Å². The molecular formula is C20H24FNO5. The summed E-state index contributed by atoms with van der Waals surface area (Å²) < 4.78 is 20.1. The Morgan fingerprint density at radius 2 is 1.63 bits per heavy atom. The number of allylic oxidation sites excluding steroid dienone is 2. The number of carboxylic acid groups (broad SMARTS) is 2. The summed E-state index contributed by atoms with van der Waals surface area (Å²) in [7, 11) is 1.39. The van der Waals surface area contributed by atoms with Crippen molar-refractivity contribution in [2.24, 2.45) is 0 Å². The molecule has 0 spiro atoms. The van der Waals surface area contributed by atoms with Crippen molar-refractivity contribution in [3.8, 4) is 5.75 Å². The average Bonchev–Trinajstić information content (AvgIpc) is 2.60. The molecule has 1 aromatic carbocycles. The molecule has 1 aromatic rings. The van der Waals surface area contributed by atoms with Crippen LogP contribution in [0.4, 0.5) is 4.39 Å². The summed E-state index contributed by atoms with van der Waals surface area (Å²) >= 11 is 0. The molecule has 27 heavy (non-hydrogen) atoms. The van der Waals surface area contributed by atoms with E-state index in [0.29, 0.717) is 17.9 Å². The van der Waals surface area contributed by atoms with E-state index in [-0.39, 0.29) is 28.9 Å². The van der Waals surface area contributed by atoms with Gasteiger partial charge in [-0.2, -0.15) is 0 Å². The maximum Gasteiger partial charge on any atom is 0.334 e. The zero-order chi connectivity index (χ0) is 20.5. The van der Waals surface area contributed by atoms with Crippen molar-refractivity contribution >= 4 is 11.9 Å². The summed E-state index contributed by atoms with van der Waals surface area (Å²) in [4.78, 5) is 26.1. The number of ether oxygens (including phenoxy) is 1. The molecule has 0 amide bonds. The summed E-state index contributed by atoms with van der Waals surface area (Å²) in [6.45, 7) is 7.12. The van der Waals surface area contributed by atoms with Gasteiger partial charge in [-0.25, -0.2) is 14.0 Å². The highest BCUT2D eigenvalue weighted by molar-refractivity contribution is 6.00. The van der Waals surface area contributed by atoms with E-state index in [9.17, 15) is 19.8 Å². The first kappa shape index (κ1) is 20.5. The predicted octanol–water partition coefficient (Wildman–Crippen LogP) is 3.53. The number of benzene rings is 1. The molecule has 0 aliphatic carbocycles. The SMILES string of the molecule is CCN1C(C)=C(C(=O)O)C(CC)(c2ccc(OC)cc2F)C(C(=O)O)=C1C. The molecule has 1 aliphatic heterocycles. The van der Waals surface area contributed by atoms with Gasteiger partial charge in [-0.3, -0.25) is 0 Å². The molecule has 0 unspecified atom stereocenters. The molecule has 0 radical (unpaired) electrons. The molecular weight excluding hydrogens is 353 g/mol. The lowest BCUT2D eigenvalue weighted by Gasteiger charge is -2.44. The summed E-state index contributed by atoms with van der Waals surface area (Å²) in [5.74, 6) is -2.98. The third-order valence-corrected chi connectivity index (χ3v) is 5.30. The van der Waals surface area contributed by atoms with Gasteiger partial charge < -0.3 is 19.8 Å². The fourth-order valence-electron chi connectivity index (χ4n) is 4.20. The van der Waals surface area contributed by atoms with Gasteiger partial charge in [0.25, 0.3) is 0 Å². The second-order valence-electron chi connectivity index (χ2n) is 6.38. The number of rotatable bonds is 6. The Labute approximate surface area is 157 Å². The summed E-state index contributed by atoms with van der Waals surface area (Å²) in [6.07, 6.45) is 0.0751. The Morgan fingerprint density at radius 1 is 1.11 bits per heavy atom. The molecule has 0 saturated carbocycles. The van der Waals surface area contributed by atoms with Gasteiger partial charge in [0.15, 0.2) is 0 Å². The lowest BCUT2D eigenvalue weighted by atomic mass is 9.63. The van der Waals surface area contributed by atoms with Crippen molar-refractivity contribution in [2.45, 2.75) is 39.5 Å². The largest absolute Gasteiger partial charge is 0.497 e. The van der Waals surface area contributed by atoms with E-state index < -0.39 is 23.2 Å². The number of carboxylic acids is 2. The van der Waals surface area contributed by atoms with E-state index >= 15 is 4.39 Å². The predicted molar refractivity (Wildman–Crippen MR) is 98.0 cm³/mol. The highest BCUT2D eigenvalue weighted by Crippen LogP contribution is 2.50. The van der Waals surface area contributed by atoms with Gasteiger partial charge in [0.2, 0.25) is 0 Å². The Hall–Kier alpha value is -2.83. The minimum Gasteiger partial charge on any atom is -0.497 e. The molecule has 0 aromatic heterocycles. The number of hydrogen-bond donors (Lipinski definition) is 2. The fraction of sp³-hybridized carbons (Fsp3) is 0.400. The number of carbonyl (C=O) groups is 2. The summed E-state index contributed by atoms with van der Waals surface area (Å²) in [5.41, 5.74) is -1.05. The second kappa shape index (κ2) is 7.42. The number of methoxy groups -OCH3 is 1. The van der Waals surface area contributed by atoms with Crippen molar-refractivity contribution in [3.05, 3.63) is 52.1 Å². The lowest BCUT2D eigenvalue weighted by molar-refractivity contribution is -0.134. The van der Waals surface area contributed by atoms with Crippen molar-refractivity contribution in [3.63, 3.8) is 0 Å². The Morgan fingerprint density at radius 3 is 1.96 bits per heavy atom. The fourth-order valence-corrected chi connectivity index (χ4v) is 4.20. The summed E-state index contributed by atoms with van der Waals surface area (Å²) in [5, 5.41) is 20.0. The van der Waals surface area contributed by atoms with Crippen molar-refractivity contribution < 1.29 is 28.9 Å². The smallest absolute Gasteiger partial charge is 0.334 e. The van der Waals surface area contributed by atoms with Crippen LogP contribution in [0.2, 0.25) is 0 Å². The Balaban J connectivity index is 3.00. The number of hydrogen-bond acceptors (Lipinski definition) is 4. The molecule has 0 bridgehead atoms. The lowest BCUT2D eigenvalue weighted by Crippen LogP contribution is -2.46.